The highest BCUT2D eigenvalue weighted by Gasteiger charge is 2.71. The van der Waals surface area contributed by atoms with Crippen molar-refractivity contribution in [2.24, 2.45) is 11.8 Å². The number of anilines is 1. The molecule has 3 aromatic rings. The third-order valence-electron chi connectivity index (χ3n) is 12.6. The molecule has 3 saturated heterocycles. The molecule has 26 nitrogen and oxygen atoms in total. The first kappa shape index (κ1) is 39.9. The maximum absolute atomic E-state index is 13.2. The Morgan fingerprint density at radius 3 is 1.77 bits per heavy atom. The highest BCUT2D eigenvalue weighted by molar-refractivity contribution is 6.09. The van der Waals surface area contributed by atoms with Crippen LogP contribution in [0.25, 0.3) is 11.1 Å². The molecule has 314 valence electrons. The number of para-hydroxylation sites is 1. The minimum Gasteiger partial charge on any atom is -0.477 e. The van der Waals surface area contributed by atoms with E-state index in [1.807, 2.05) is 0 Å². The molecule has 5 heterocycles. The van der Waals surface area contributed by atoms with Crippen molar-refractivity contribution in [3.8, 4) is 11.1 Å². The summed E-state index contributed by atoms with van der Waals surface area (Å²) in [6.07, 6.45) is 5.43. The largest absolute Gasteiger partial charge is 0.477 e. The third-order valence-corrected chi connectivity index (χ3v) is 12.6. The molecule has 1 spiro atoms. The summed E-state index contributed by atoms with van der Waals surface area (Å²) >= 11 is 0. The van der Waals surface area contributed by atoms with E-state index >= 15 is 0 Å². The van der Waals surface area contributed by atoms with Crippen LogP contribution in [-0.2, 0) is 14.9 Å². The summed E-state index contributed by atoms with van der Waals surface area (Å²) in [5.41, 5.74) is -14.7. The number of piperidine rings is 2. The molecule has 2 N–H and O–H groups in total. The van der Waals surface area contributed by atoms with Crippen LogP contribution in [0.3, 0.4) is 0 Å². The molecule has 5 aliphatic heterocycles. The van der Waals surface area contributed by atoms with Gasteiger partial charge >= 0.3 is 23.3 Å². The van der Waals surface area contributed by atoms with Crippen molar-refractivity contribution in [2.75, 3.05) is 24.6 Å². The van der Waals surface area contributed by atoms with Crippen LogP contribution in [0, 0.1) is 72.5 Å². The number of carbonyl (C=O) groups is 3. The molecule has 3 aromatic carbocycles. The van der Waals surface area contributed by atoms with Gasteiger partial charge in [-0.25, -0.2) is 9.59 Å². The molecule has 9 rings (SSSR count). The molecule has 1 saturated carbocycles. The fourth-order valence-electron chi connectivity index (χ4n) is 10.6. The highest BCUT2D eigenvalue weighted by Crippen LogP contribution is 2.65. The lowest BCUT2D eigenvalue weighted by Gasteiger charge is -2.58. The number of rotatable bonds is 9. The van der Waals surface area contributed by atoms with E-state index in [9.17, 15) is 85.3 Å². The summed E-state index contributed by atoms with van der Waals surface area (Å²) in [5.74, 6) is -3.60. The van der Waals surface area contributed by atoms with Crippen LogP contribution in [0.1, 0.15) is 45.5 Å². The number of carboxylic acid groups (broad SMARTS) is 2. The van der Waals surface area contributed by atoms with Crippen molar-refractivity contribution in [3.05, 3.63) is 125 Å². The van der Waals surface area contributed by atoms with Gasteiger partial charge in [0.25, 0.3) is 22.7 Å². The Morgan fingerprint density at radius 2 is 1.28 bits per heavy atom. The topological polar surface area (TPSA) is 366 Å². The maximum atomic E-state index is 13.2. The van der Waals surface area contributed by atoms with Crippen molar-refractivity contribution < 1.29 is 58.9 Å². The molecular formula is C35H26N8O18. The third kappa shape index (κ3) is 5.59. The number of ether oxygens (including phenoxy) is 1. The lowest BCUT2D eigenvalue weighted by Crippen LogP contribution is -2.69. The van der Waals surface area contributed by atoms with Gasteiger partial charge in [-0.05, 0) is 36.9 Å². The minimum absolute atomic E-state index is 0.104. The molecule has 4 fully saturated rings. The zero-order valence-electron chi connectivity index (χ0n) is 30.7. The number of nitrogens with zero attached hydrogens (tertiary/aromatic N) is 8. The Bertz CT molecular complexity index is 2560. The molecule has 6 atom stereocenters. The van der Waals surface area contributed by atoms with Gasteiger partial charge < -0.3 is 19.8 Å². The normalized spacial score (nSPS) is 24.9. The van der Waals surface area contributed by atoms with Crippen molar-refractivity contribution >= 4 is 57.7 Å². The zero-order chi connectivity index (χ0) is 44.1. The SMILES string of the molecule is O=C(O)c1c([N+](=O)[O-])cc([N+](=O)[O-])c(-c2c([N+](=O)[O-])cc([N+](=O)[O-])c(C(=O)O)c2[N+](=O)[O-])c1[N+](=O)[O-].O=C1CC2OCC=C3CN4CCC56c7ccccc7N1C5C2C3CC46. The lowest BCUT2D eigenvalue weighted by molar-refractivity contribution is -0.405. The first-order valence-electron chi connectivity index (χ1n) is 18.0. The van der Waals surface area contributed by atoms with Crippen LogP contribution in [0.5, 0.6) is 0 Å². The van der Waals surface area contributed by atoms with Crippen LogP contribution < -0.4 is 4.90 Å². The number of hydrogen-bond acceptors (Lipinski definition) is 17. The summed E-state index contributed by atoms with van der Waals surface area (Å²) < 4.78 is 6.25. The van der Waals surface area contributed by atoms with Gasteiger partial charge in [0.2, 0.25) is 17.0 Å². The van der Waals surface area contributed by atoms with Gasteiger partial charge in [0.1, 0.15) is 0 Å². The number of aromatic carboxylic acids is 2. The van der Waals surface area contributed by atoms with Gasteiger partial charge in [0.15, 0.2) is 11.1 Å². The van der Waals surface area contributed by atoms with Gasteiger partial charge in [0.05, 0.1) is 66.8 Å². The summed E-state index contributed by atoms with van der Waals surface area (Å²) in [6.45, 7) is 2.97. The number of nitro groups is 6. The van der Waals surface area contributed by atoms with Crippen molar-refractivity contribution in [2.45, 2.75) is 42.9 Å². The monoisotopic (exact) mass is 846 g/mol. The first-order chi connectivity index (χ1) is 28.8. The first-order valence-corrected chi connectivity index (χ1v) is 18.0. The number of fused-ring (bicyclic) bond motifs is 2. The van der Waals surface area contributed by atoms with E-state index in [1.165, 1.54) is 30.6 Å². The highest BCUT2D eigenvalue weighted by atomic mass is 16.7. The van der Waals surface area contributed by atoms with Gasteiger partial charge in [0, 0.05) is 29.6 Å². The van der Waals surface area contributed by atoms with Gasteiger partial charge in [-0.1, -0.05) is 29.8 Å². The van der Waals surface area contributed by atoms with Crippen molar-refractivity contribution in [1.82, 2.24) is 4.90 Å². The molecule has 26 heteroatoms. The summed E-state index contributed by atoms with van der Waals surface area (Å²) in [7, 11) is 0. The molecule has 61 heavy (non-hydrogen) atoms. The quantitative estimate of drug-likeness (QED) is 0.172. The van der Waals surface area contributed by atoms with E-state index in [0.717, 1.165) is 6.54 Å². The predicted octanol–water partition coefficient (Wildman–Crippen LogP) is 4.29. The van der Waals surface area contributed by atoms with Crippen LogP contribution in [0.2, 0.25) is 0 Å². The second-order valence-electron chi connectivity index (χ2n) is 15.0. The fourth-order valence-corrected chi connectivity index (χ4v) is 10.6. The van der Waals surface area contributed by atoms with Gasteiger partial charge in [-0.2, -0.15) is 0 Å². The molecule has 0 aromatic heterocycles. The fraction of sp³-hybridized carbons (Fsp3) is 0.343. The number of nitro benzene ring substituents is 6. The lowest BCUT2D eigenvalue weighted by atomic mass is 9.53. The van der Waals surface area contributed by atoms with Gasteiger partial charge in [-0.15, -0.1) is 0 Å². The Balaban J connectivity index is 0.000000177. The molecular weight excluding hydrogens is 820 g/mol. The Morgan fingerprint density at radius 1 is 0.754 bits per heavy atom. The summed E-state index contributed by atoms with van der Waals surface area (Å²) in [4.78, 5) is 101. The van der Waals surface area contributed by atoms with E-state index < -0.39 is 97.9 Å². The van der Waals surface area contributed by atoms with E-state index in [1.54, 1.807) is 5.57 Å². The van der Waals surface area contributed by atoms with E-state index in [4.69, 9.17) is 4.74 Å². The zero-order valence-corrected chi connectivity index (χ0v) is 30.7. The number of benzene rings is 3. The maximum Gasteiger partial charge on any atom is 0.349 e. The summed E-state index contributed by atoms with van der Waals surface area (Å²) in [5, 5.41) is 88.0. The van der Waals surface area contributed by atoms with E-state index in [2.05, 4.69) is 40.1 Å². The second kappa shape index (κ2) is 13.9. The summed E-state index contributed by atoms with van der Waals surface area (Å²) in [6, 6.07) is 9.23. The molecule has 6 unspecified atom stereocenters. The predicted molar refractivity (Wildman–Crippen MR) is 199 cm³/mol. The van der Waals surface area contributed by atoms with Crippen LogP contribution in [0.15, 0.2) is 48.0 Å². The average Bonchev–Trinajstić information content (AvgIpc) is 3.67. The molecule has 6 aliphatic rings. The molecule has 1 aliphatic carbocycles. The standard InChI is InChI=1S/C21H22N2O2.C14H4N6O16/c24-18-10-16-19-13-9-17-21(6-7-22(17)11-12(13)5-8-25-16)14-3-1-2-4-15(14)23(18)20(19)21;21-13(22)9-5(17(29)30)1-3(15(25)26)7(11(9)19(33)34)8-4(16(27)28)2-6(18(31)32)10(14(23)24)12(8)20(35)36/h1-5,13,16-17,19-20H,6-11H2;1-2H,(H,21,22)(H,23,24). The van der Waals surface area contributed by atoms with Crippen LogP contribution in [-0.4, -0.2) is 100 Å². The van der Waals surface area contributed by atoms with E-state index in [0.29, 0.717) is 36.9 Å². The Labute approximate surface area is 337 Å². The Kier molecular flexibility index (Phi) is 9.08. The van der Waals surface area contributed by atoms with Crippen molar-refractivity contribution in [1.29, 1.82) is 0 Å². The molecule has 0 radical (unpaired) electrons. The smallest absolute Gasteiger partial charge is 0.349 e. The second-order valence-corrected chi connectivity index (χ2v) is 15.0. The average molecular weight is 847 g/mol. The number of carboxylic acids is 2. The van der Waals surface area contributed by atoms with E-state index in [-0.39, 0.29) is 29.6 Å². The molecule has 1 amide bonds. The number of carbonyl (C=O) groups excluding carboxylic acids is 1. The minimum atomic E-state index is -2.48. The van der Waals surface area contributed by atoms with Crippen LogP contribution in [0.4, 0.5) is 39.8 Å². The van der Waals surface area contributed by atoms with Crippen LogP contribution >= 0.6 is 0 Å². The Hall–Kier alpha value is -7.87. The number of hydrogen-bond donors (Lipinski definition) is 2. The number of amides is 1. The van der Waals surface area contributed by atoms with Crippen molar-refractivity contribution in [3.63, 3.8) is 0 Å². The molecule has 2 bridgehead atoms. The van der Waals surface area contributed by atoms with Gasteiger partial charge in [-0.3, -0.25) is 70.4 Å².